The molecular weight excluding hydrogens is 591 g/mol. The number of benzene rings is 4. The van der Waals surface area contributed by atoms with Crippen molar-refractivity contribution in [3.05, 3.63) is 119 Å². The van der Waals surface area contributed by atoms with E-state index in [1.54, 1.807) is 42.5 Å². The van der Waals surface area contributed by atoms with E-state index >= 15 is 0 Å². The first kappa shape index (κ1) is 30.6. The van der Waals surface area contributed by atoms with Crippen molar-refractivity contribution in [2.45, 2.75) is 24.5 Å². The number of nitrogens with one attached hydrogen (secondary N) is 2. The van der Waals surface area contributed by atoms with E-state index < -0.39 is 37.7 Å². The number of hydrogen-bond donors (Lipinski definition) is 2. The topological polar surface area (TPSA) is 113 Å². The van der Waals surface area contributed by atoms with Gasteiger partial charge in [-0.3, -0.25) is 13.8 Å². The third-order valence-electron chi connectivity index (χ3n) is 6.10. The lowest BCUT2D eigenvalue weighted by molar-refractivity contribution is -0.137. The van der Waals surface area contributed by atoms with Gasteiger partial charge in [-0.1, -0.05) is 30.3 Å². The Hall–Kier alpha value is -4.36. The molecule has 0 bridgehead atoms. The van der Waals surface area contributed by atoms with Gasteiger partial charge in [-0.2, -0.15) is 13.2 Å². The van der Waals surface area contributed by atoms with Crippen molar-refractivity contribution in [1.82, 2.24) is 0 Å². The average molecular weight is 618 g/mol. The first-order valence-corrected chi connectivity index (χ1v) is 15.7. The predicted octanol–water partition coefficient (Wildman–Crippen LogP) is 6.03. The van der Waals surface area contributed by atoms with Crippen molar-refractivity contribution in [2.24, 2.45) is 0 Å². The normalized spacial score (nSPS) is 12.0. The lowest BCUT2D eigenvalue weighted by Gasteiger charge is -2.23. The molecule has 4 aromatic carbocycles. The molecule has 42 heavy (non-hydrogen) atoms. The van der Waals surface area contributed by atoms with Gasteiger partial charge in [0.2, 0.25) is 10.0 Å². The molecule has 0 heterocycles. The van der Waals surface area contributed by atoms with Crippen molar-refractivity contribution in [3.8, 4) is 0 Å². The highest BCUT2D eigenvalue weighted by Gasteiger charge is 2.30. The highest BCUT2D eigenvalue weighted by molar-refractivity contribution is 7.92. The van der Waals surface area contributed by atoms with Crippen LogP contribution in [0.4, 0.5) is 30.2 Å². The molecule has 2 N–H and O–H groups in total. The molecule has 8 nitrogen and oxygen atoms in total. The standard InChI is InChI=1S/C29H26F3N3O5S2/c1-20-5-3-8-26(17-20)35(41(2,37)38)19-21-9-11-22(12-10-21)28(36)33-24-13-15-27(16-14-24)42(39,40)34-25-7-4-6-23(18-25)29(30,31)32/h3-18,34H,19H2,1-2H3,(H,33,36). The number of carbonyl (C=O) groups excluding carboxylic acids is 1. The van der Waals surface area contributed by atoms with E-state index in [4.69, 9.17) is 0 Å². The molecule has 0 aliphatic heterocycles. The lowest BCUT2D eigenvalue weighted by atomic mass is 10.1. The van der Waals surface area contributed by atoms with Crippen molar-refractivity contribution < 1.29 is 34.8 Å². The zero-order valence-corrected chi connectivity index (χ0v) is 24.0. The molecule has 13 heteroatoms. The maximum Gasteiger partial charge on any atom is 0.416 e. The smallest absolute Gasteiger partial charge is 0.322 e. The van der Waals surface area contributed by atoms with Crippen LogP contribution in [0.1, 0.15) is 27.0 Å². The molecule has 0 fully saturated rings. The first-order chi connectivity index (χ1) is 19.6. The second kappa shape index (κ2) is 11.9. The summed E-state index contributed by atoms with van der Waals surface area (Å²) in [6.07, 6.45) is -3.51. The minimum atomic E-state index is -4.63. The molecule has 0 aliphatic rings. The van der Waals surface area contributed by atoms with Crippen LogP contribution in [0.3, 0.4) is 0 Å². The largest absolute Gasteiger partial charge is 0.416 e. The summed E-state index contributed by atoms with van der Waals surface area (Å²) in [4.78, 5) is 12.5. The van der Waals surface area contributed by atoms with E-state index in [9.17, 15) is 34.8 Å². The van der Waals surface area contributed by atoms with E-state index in [-0.39, 0.29) is 28.4 Å². The number of sulfonamides is 2. The van der Waals surface area contributed by atoms with E-state index in [1.807, 2.05) is 13.0 Å². The van der Waals surface area contributed by atoms with Crippen LogP contribution in [0, 0.1) is 6.92 Å². The number of alkyl halides is 3. The summed E-state index contributed by atoms with van der Waals surface area (Å²) < 4.78 is 92.4. The summed E-state index contributed by atoms with van der Waals surface area (Å²) in [6, 6.07) is 22.4. The Bertz CT molecular complexity index is 1810. The van der Waals surface area contributed by atoms with Gasteiger partial charge < -0.3 is 5.32 Å². The van der Waals surface area contributed by atoms with Crippen LogP contribution in [0.5, 0.6) is 0 Å². The molecule has 0 unspecified atom stereocenters. The van der Waals surface area contributed by atoms with E-state index in [0.717, 1.165) is 24.0 Å². The van der Waals surface area contributed by atoms with Crippen LogP contribution in [0.2, 0.25) is 0 Å². The Kier molecular flexibility index (Phi) is 8.64. The minimum Gasteiger partial charge on any atom is -0.322 e. The molecule has 4 aromatic rings. The molecule has 0 saturated heterocycles. The monoisotopic (exact) mass is 617 g/mol. The summed E-state index contributed by atoms with van der Waals surface area (Å²) in [5.74, 6) is -0.488. The van der Waals surface area contributed by atoms with Crippen LogP contribution >= 0.6 is 0 Å². The van der Waals surface area contributed by atoms with Crippen LogP contribution in [-0.4, -0.2) is 29.0 Å². The van der Waals surface area contributed by atoms with Crippen molar-refractivity contribution >= 4 is 43.0 Å². The number of amides is 1. The number of nitrogens with zero attached hydrogens (tertiary/aromatic N) is 1. The Morgan fingerprint density at radius 2 is 1.45 bits per heavy atom. The highest BCUT2D eigenvalue weighted by atomic mass is 32.2. The Labute approximate surface area is 241 Å². The van der Waals surface area contributed by atoms with E-state index in [0.29, 0.717) is 17.3 Å². The van der Waals surface area contributed by atoms with Gasteiger partial charge in [0.1, 0.15) is 0 Å². The van der Waals surface area contributed by atoms with Gasteiger partial charge in [-0.25, -0.2) is 16.8 Å². The fourth-order valence-electron chi connectivity index (χ4n) is 4.00. The Morgan fingerprint density at radius 1 is 0.810 bits per heavy atom. The first-order valence-electron chi connectivity index (χ1n) is 12.4. The predicted molar refractivity (Wildman–Crippen MR) is 155 cm³/mol. The van der Waals surface area contributed by atoms with E-state index in [2.05, 4.69) is 10.0 Å². The number of halogens is 3. The van der Waals surface area contributed by atoms with Crippen LogP contribution in [0.25, 0.3) is 0 Å². The van der Waals surface area contributed by atoms with Crippen molar-refractivity contribution in [2.75, 3.05) is 20.6 Å². The fraction of sp³-hybridized carbons (Fsp3) is 0.138. The second-order valence-corrected chi connectivity index (χ2v) is 13.1. The molecule has 0 radical (unpaired) electrons. The van der Waals surface area contributed by atoms with Gasteiger partial charge in [0.25, 0.3) is 15.9 Å². The third kappa shape index (κ3) is 7.68. The van der Waals surface area contributed by atoms with Crippen molar-refractivity contribution in [1.29, 1.82) is 0 Å². The van der Waals surface area contributed by atoms with E-state index in [1.165, 1.54) is 34.6 Å². The highest BCUT2D eigenvalue weighted by Crippen LogP contribution is 2.31. The number of aryl methyl sites for hydroxylation is 1. The Morgan fingerprint density at radius 3 is 2.05 bits per heavy atom. The van der Waals surface area contributed by atoms with Gasteiger partial charge >= 0.3 is 6.18 Å². The minimum absolute atomic E-state index is 0.0641. The van der Waals surface area contributed by atoms with Crippen LogP contribution in [0.15, 0.2) is 102 Å². The third-order valence-corrected chi connectivity index (χ3v) is 8.63. The fourth-order valence-corrected chi connectivity index (χ4v) is 5.93. The maximum atomic E-state index is 12.9. The zero-order valence-electron chi connectivity index (χ0n) is 22.4. The molecule has 220 valence electrons. The summed E-state index contributed by atoms with van der Waals surface area (Å²) in [5.41, 5.74) is 1.41. The molecule has 4 rings (SSSR count). The average Bonchev–Trinajstić information content (AvgIpc) is 2.91. The molecule has 0 saturated carbocycles. The maximum absolute atomic E-state index is 12.9. The lowest BCUT2D eigenvalue weighted by Crippen LogP contribution is -2.29. The number of anilines is 3. The van der Waals surface area contributed by atoms with Gasteiger partial charge in [0.05, 0.1) is 28.9 Å². The number of hydrogen-bond acceptors (Lipinski definition) is 5. The van der Waals surface area contributed by atoms with Gasteiger partial charge in [-0.05, 0) is 84.8 Å². The molecule has 0 atom stereocenters. The number of rotatable bonds is 9. The van der Waals surface area contributed by atoms with Gasteiger partial charge in [-0.15, -0.1) is 0 Å². The summed E-state index contributed by atoms with van der Waals surface area (Å²) in [7, 11) is -7.78. The Balaban J connectivity index is 1.42. The molecule has 0 aromatic heterocycles. The second-order valence-electron chi connectivity index (χ2n) is 9.47. The summed E-state index contributed by atoms with van der Waals surface area (Å²) in [6.45, 7) is 1.93. The number of carbonyl (C=O) groups is 1. The van der Waals surface area contributed by atoms with Crippen LogP contribution < -0.4 is 14.3 Å². The summed E-state index contributed by atoms with van der Waals surface area (Å²) in [5, 5.41) is 2.64. The SMILES string of the molecule is Cc1cccc(N(Cc2ccc(C(=O)Nc3ccc(S(=O)(=O)Nc4cccc(C(F)(F)F)c4)cc3)cc2)S(C)(=O)=O)c1. The van der Waals surface area contributed by atoms with Gasteiger partial charge in [0, 0.05) is 16.9 Å². The molecule has 1 amide bonds. The quantitative estimate of drug-likeness (QED) is 0.238. The van der Waals surface area contributed by atoms with Gasteiger partial charge in [0.15, 0.2) is 0 Å². The van der Waals surface area contributed by atoms with Crippen molar-refractivity contribution in [3.63, 3.8) is 0 Å². The summed E-state index contributed by atoms with van der Waals surface area (Å²) >= 11 is 0. The zero-order chi connectivity index (χ0) is 30.7. The molecular formula is C29H26F3N3O5S2. The molecule has 0 spiro atoms. The molecule has 0 aliphatic carbocycles. The van der Waals surface area contributed by atoms with Crippen LogP contribution in [-0.2, 0) is 32.8 Å².